The van der Waals surface area contributed by atoms with Crippen LogP contribution in [0.15, 0.2) is 30.3 Å². The van der Waals surface area contributed by atoms with E-state index in [4.69, 9.17) is 4.74 Å². The van der Waals surface area contributed by atoms with Crippen molar-refractivity contribution in [3.8, 4) is 0 Å². The summed E-state index contributed by atoms with van der Waals surface area (Å²) in [5.41, 5.74) is -0.588. The number of hydrogen-bond donors (Lipinski definition) is 0. The first-order valence-corrected chi connectivity index (χ1v) is 7.48. The maximum Gasteiger partial charge on any atom is 0.283 e. The first-order valence-electron chi connectivity index (χ1n) is 6.90. The average molecular weight is 300 g/mol. The Morgan fingerprint density at radius 3 is 2.35 bits per heavy atom. The number of allylic oxidation sites excluding steroid dienone is 2. The maximum atomic E-state index is 13.1. The smallest absolute Gasteiger partial charge is 0.283 e. The number of ether oxygens (including phenoxy) is 1. The molecule has 0 bridgehead atoms. The Bertz CT molecular complexity index is 421. The Morgan fingerprint density at radius 2 is 1.85 bits per heavy atom. The van der Waals surface area contributed by atoms with Gasteiger partial charge in [0.1, 0.15) is 0 Å². The lowest BCUT2D eigenvalue weighted by atomic mass is 9.98. The average Bonchev–Trinajstić information content (AvgIpc) is 2.42. The van der Waals surface area contributed by atoms with Crippen molar-refractivity contribution < 1.29 is 13.5 Å². The van der Waals surface area contributed by atoms with Crippen molar-refractivity contribution in [3.05, 3.63) is 41.5 Å². The van der Waals surface area contributed by atoms with E-state index in [2.05, 4.69) is 6.08 Å². The second-order valence-electron chi connectivity index (χ2n) is 4.82. The summed E-state index contributed by atoms with van der Waals surface area (Å²) in [6, 6.07) is 6.54. The fraction of sp³-hybridized carbons (Fsp3) is 0.500. The van der Waals surface area contributed by atoms with Gasteiger partial charge >= 0.3 is 0 Å². The molecule has 1 rings (SSSR count). The van der Waals surface area contributed by atoms with Gasteiger partial charge in [0.2, 0.25) is 0 Å². The minimum atomic E-state index is -2.85. The van der Waals surface area contributed by atoms with Crippen LogP contribution in [0.3, 0.4) is 0 Å². The molecule has 1 aromatic carbocycles. The van der Waals surface area contributed by atoms with Gasteiger partial charge in [-0.1, -0.05) is 46.0 Å². The van der Waals surface area contributed by atoms with Crippen LogP contribution in [-0.4, -0.2) is 13.7 Å². The van der Waals surface area contributed by atoms with Crippen LogP contribution in [0.25, 0.3) is 5.57 Å². The van der Waals surface area contributed by atoms with Crippen LogP contribution in [0.1, 0.15) is 43.7 Å². The normalized spacial score (nSPS) is 12.8. The predicted molar refractivity (Wildman–Crippen MR) is 84.0 cm³/mol. The molecule has 0 fully saturated rings. The Kier molecular flexibility index (Phi) is 7.32. The van der Waals surface area contributed by atoms with Gasteiger partial charge in [-0.05, 0) is 37.3 Å². The molecule has 20 heavy (non-hydrogen) atoms. The third kappa shape index (κ3) is 5.68. The zero-order valence-electron chi connectivity index (χ0n) is 12.2. The molecular weight excluding hydrogens is 277 g/mol. The van der Waals surface area contributed by atoms with E-state index in [0.29, 0.717) is 0 Å². The Labute approximate surface area is 122 Å². The molecule has 4 heteroatoms. The number of methoxy groups -OCH3 is 1. The topological polar surface area (TPSA) is 9.23 Å². The number of halogens is 2. The van der Waals surface area contributed by atoms with Gasteiger partial charge in [-0.2, -0.15) is 8.78 Å². The zero-order valence-corrected chi connectivity index (χ0v) is 13.3. The summed E-state index contributed by atoms with van der Waals surface area (Å²) in [7, 11) is 3.28. The Hall–Kier alpha value is -0.790. The van der Waals surface area contributed by atoms with E-state index in [1.807, 2.05) is 6.92 Å². The second kappa shape index (κ2) is 8.49. The van der Waals surface area contributed by atoms with Crippen molar-refractivity contribution in [2.75, 3.05) is 13.7 Å². The fourth-order valence-electron chi connectivity index (χ4n) is 2.10. The van der Waals surface area contributed by atoms with E-state index in [1.54, 1.807) is 28.5 Å². The number of benzene rings is 1. The monoisotopic (exact) mass is 300 g/mol. The van der Waals surface area contributed by atoms with Gasteiger partial charge in [-0.3, -0.25) is 0 Å². The van der Waals surface area contributed by atoms with Gasteiger partial charge in [-0.25, -0.2) is 0 Å². The SMILES string of the molecule is C/C=C(/CCCCCOC)c1ccc(C(F)(F)P)cc1. The molecule has 1 unspecified atom stereocenters. The highest BCUT2D eigenvalue weighted by atomic mass is 31.0. The molecule has 0 aromatic heterocycles. The minimum absolute atomic E-state index is 0.0294. The van der Waals surface area contributed by atoms with Crippen LogP contribution < -0.4 is 0 Å². The summed E-state index contributed by atoms with van der Waals surface area (Å²) >= 11 is 0. The lowest BCUT2D eigenvalue weighted by Gasteiger charge is -2.12. The lowest BCUT2D eigenvalue weighted by molar-refractivity contribution is 0.104. The van der Waals surface area contributed by atoms with Gasteiger partial charge in [0.05, 0.1) is 0 Å². The standard InChI is InChI=1S/C16H23F2OP/c1-3-13(7-5-4-6-12-19-2)14-8-10-15(11-9-14)16(17,18)20/h3,8-11H,4-7,12,20H2,1-2H3/b13-3-. The number of unbranched alkanes of at least 4 members (excludes halogenated alkanes) is 2. The molecule has 0 heterocycles. The molecule has 0 radical (unpaired) electrons. The molecular formula is C16H23F2OP. The fourth-order valence-corrected chi connectivity index (χ4v) is 2.29. The van der Waals surface area contributed by atoms with E-state index in [9.17, 15) is 8.78 Å². The maximum absolute atomic E-state index is 13.1. The van der Waals surface area contributed by atoms with Crippen molar-refractivity contribution in [2.24, 2.45) is 0 Å². The van der Waals surface area contributed by atoms with Gasteiger partial charge in [0, 0.05) is 19.3 Å². The van der Waals surface area contributed by atoms with Gasteiger partial charge in [0.25, 0.3) is 5.66 Å². The van der Waals surface area contributed by atoms with Crippen LogP contribution in [0, 0.1) is 0 Å². The molecule has 0 N–H and O–H groups in total. The van der Waals surface area contributed by atoms with Crippen molar-refractivity contribution in [1.29, 1.82) is 0 Å². The number of rotatable bonds is 8. The predicted octanol–water partition coefficient (Wildman–Crippen LogP) is 5.22. The highest BCUT2D eigenvalue weighted by Gasteiger charge is 2.23. The third-order valence-electron chi connectivity index (χ3n) is 3.28. The van der Waals surface area contributed by atoms with Crippen molar-refractivity contribution in [1.82, 2.24) is 0 Å². The van der Waals surface area contributed by atoms with E-state index in [-0.39, 0.29) is 5.56 Å². The van der Waals surface area contributed by atoms with Gasteiger partial charge in [0.15, 0.2) is 0 Å². The molecule has 0 spiro atoms. The van der Waals surface area contributed by atoms with E-state index in [1.165, 1.54) is 17.7 Å². The van der Waals surface area contributed by atoms with Crippen LogP contribution in [0.4, 0.5) is 8.78 Å². The van der Waals surface area contributed by atoms with Gasteiger partial charge < -0.3 is 4.74 Å². The first kappa shape index (κ1) is 17.3. The van der Waals surface area contributed by atoms with Crippen molar-refractivity contribution in [3.63, 3.8) is 0 Å². The molecule has 0 aliphatic heterocycles. The second-order valence-corrected chi connectivity index (χ2v) is 5.54. The molecule has 0 saturated carbocycles. The van der Waals surface area contributed by atoms with Gasteiger partial charge in [-0.15, -0.1) is 0 Å². The lowest BCUT2D eigenvalue weighted by Crippen LogP contribution is -2.01. The summed E-state index contributed by atoms with van der Waals surface area (Å²) in [5.74, 6) is 0. The zero-order chi connectivity index (χ0) is 15.0. The number of hydrogen-bond acceptors (Lipinski definition) is 1. The quantitative estimate of drug-likeness (QED) is 0.472. The third-order valence-corrected chi connectivity index (χ3v) is 3.62. The van der Waals surface area contributed by atoms with Crippen LogP contribution in [0.5, 0.6) is 0 Å². The van der Waals surface area contributed by atoms with E-state index in [0.717, 1.165) is 37.9 Å². The van der Waals surface area contributed by atoms with Crippen LogP contribution in [0.2, 0.25) is 0 Å². The largest absolute Gasteiger partial charge is 0.385 e. The van der Waals surface area contributed by atoms with Crippen molar-refractivity contribution in [2.45, 2.75) is 38.3 Å². The summed E-state index contributed by atoms with van der Waals surface area (Å²) in [4.78, 5) is 0. The van der Waals surface area contributed by atoms with Crippen molar-refractivity contribution >= 4 is 14.8 Å². The first-order chi connectivity index (χ1) is 9.49. The van der Waals surface area contributed by atoms with E-state index < -0.39 is 5.66 Å². The van der Waals surface area contributed by atoms with Crippen LogP contribution in [-0.2, 0) is 10.4 Å². The molecule has 112 valence electrons. The Morgan fingerprint density at radius 1 is 1.20 bits per heavy atom. The highest BCUT2D eigenvalue weighted by Crippen LogP contribution is 2.35. The molecule has 0 saturated heterocycles. The molecule has 1 nitrogen and oxygen atoms in total. The minimum Gasteiger partial charge on any atom is -0.385 e. The molecule has 0 amide bonds. The molecule has 1 atom stereocenters. The van der Waals surface area contributed by atoms with Crippen LogP contribution >= 0.6 is 9.24 Å². The van der Waals surface area contributed by atoms with E-state index >= 15 is 0 Å². The summed E-state index contributed by atoms with van der Waals surface area (Å²) in [6.45, 7) is 2.78. The highest BCUT2D eigenvalue weighted by molar-refractivity contribution is 7.17. The molecule has 1 aromatic rings. The number of alkyl halides is 2. The molecule has 0 aliphatic rings. The molecule has 0 aliphatic carbocycles. The summed E-state index contributed by atoms with van der Waals surface area (Å²) in [5, 5.41) is 0. The summed E-state index contributed by atoms with van der Waals surface area (Å²) in [6.07, 6.45) is 6.30. The summed E-state index contributed by atoms with van der Waals surface area (Å²) < 4.78 is 31.3. The Balaban J connectivity index is 2.58.